The van der Waals surface area contributed by atoms with Gasteiger partial charge in [-0.25, -0.2) is 4.98 Å². The Kier molecular flexibility index (Phi) is 5.73. The number of carbonyl (C=O) groups is 1. The van der Waals surface area contributed by atoms with Gasteiger partial charge >= 0.3 is 0 Å². The van der Waals surface area contributed by atoms with E-state index in [2.05, 4.69) is 17.2 Å². The van der Waals surface area contributed by atoms with Crippen molar-refractivity contribution in [2.45, 2.75) is 38.7 Å². The molecule has 7 heteroatoms. The number of anilines is 1. The Balaban J connectivity index is 1.47. The molecule has 0 aliphatic heterocycles. The fourth-order valence-corrected chi connectivity index (χ4v) is 5.07. The van der Waals surface area contributed by atoms with Crippen molar-refractivity contribution in [3.63, 3.8) is 0 Å². The number of thiophene rings is 1. The molecule has 1 aliphatic rings. The average Bonchev–Trinajstić information content (AvgIpc) is 3.11. The predicted octanol–water partition coefficient (Wildman–Crippen LogP) is 3.75. The molecule has 0 aromatic carbocycles. The molecule has 0 spiro atoms. The minimum atomic E-state index is -0.0307. The van der Waals surface area contributed by atoms with E-state index in [1.165, 1.54) is 30.6 Å². The first-order chi connectivity index (χ1) is 11.5. The first-order valence-corrected chi connectivity index (χ1v) is 10.2. The molecular formula is C17H25N3O2S2. The molecule has 1 fully saturated rings. The molecule has 2 aromatic heterocycles. The molecular weight excluding hydrogens is 342 g/mol. The highest BCUT2D eigenvalue weighted by Gasteiger charge is 2.21. The van der Waals surface area contributed by atoms with E-state index >= 15 is 0 Å². The molecule has 5 nitrogen and oxygen atoms in total. The van der Waals surface area contributed by atoms with Gasteiger partial charge in [0, 0.05) is 20.6 Å². The highest BCUT2D eigenvalue weighted by atomic mass is 32.1. The molecule has 0 bridgehead atoms. The van der Waals surface area contributed by atoms with Crippen molar-refractivity contribution in [1.82, 2.24) is 10.3 Å². The zero-order valence-electron chi connectivity index (χ0n) is 14.5. The van der Waals surface area contributed by atoms with Crippen molar-refractivity contribution in [2.24, 2.45) is 5.92 Å². The second kappa shape index (κ2) is 7.80. The van der Waals surface area contributed by atoms with Gasteiger partial charge in [-0.2, -0.15) is 0 Å². The number of hydrogen-bond acceptors (Lipinski definition) is 6. The lowest BCUT2D eigenvalue weighted by atomic mass is 9.88. The number of rotatable bonds is 6. The number of thiazole rings is 1. The lowest BCUT2D eigenvalue weighted by Gasteiger charge is -2.28. The Hall–Kier alpha value is -1.18. The van der Waals surface area contributed by atoms with E-state index in [1.807, 2.05) is 25.1 Å². The molecule has 1 saturated carbocycles. The van der Waals surface area contributed by atoms with E-state index in [4.69, 9.17) is 4.74 Å². The second-order valence-electron chi connectivity index (χ2n) is 6.60. The molecule has 24 heavy (non-hydrogen) atoms. The first kappa shape index (κ1) is 17.6. The van der Waals surface area contributed by atoms with Gasteiger partial charge in [-0.15, -0.1) is 11.3 Å². The summed E-state index contributed by atoms with van der Waals surface area (Å²) in [4.78, 5) is 20.4. The van der Waals surface area contributed by atoms with E-state index in [-0.39, 0.29) is 5.91 Å². The van der Waals surface area contributed by atoms with Gasteiger partial charge in [0.2, 0.25) is 0 Å². The summed E-state index contributed by atoms with van der Waals surface area (Å²) < 4.78 is 7.01. The Morgan fingerprint density at radius 3 is 2.88 bits per heavy atom. The zero-order chi connectivity index (χ0) is 17.1. The third-order valence-corrected chi connectivity index (χ3v) is 6.76. The van der Waals surface area contributed by atoms with Crippen LogP contribution in [0.1, 0.15) is 42.3 Å². The Labute approximate surface area is 151 Å². The largest absolute Gasteiger partial charge is 0.376 e. The van der Waals surface area contributed by atoms with Crippen LogP contribution in [0.15, 0.2) is 6.07 Å². The van der Waals surface area contributed by atoms with Crippen molar-refractivity contribution in [1.29, 1.82) is 0 Å². The third kappa shape index (κ3) is 4.07. The molecule has 2 atom stereocenters. The van der Waals surface area contributed by atoms with E-state index in [0.29, 0.717) is 25.2 Å². The van der Waals surface area contributed by atoms with Crippen LogP contribution in [0.5, 0.6) is 0 Å². The molecule has 0 unspecified atom stereocenters. The van der Waals surface area contributed by atoms with Crippen LogP contribution in [0.4, 0.5) is 5.13 Å². The van der Waals surface area contributed by atoms with Gasteiger partial charge in [-0.1, -0.05) is 31.1 Å². The van der Waals surface area contributed by atoms with Crippen LogP contribution >= 0.6 is 22.7 Å². The van der Waals surface area contributed by atoms with Crippen molar-refractivity contribution in [3.05, 3.63) is 10.9 Å². The SMILES string of the molecule is C[C@@H]1CCCC[C@@H]1OCCNC(=O)c1cc2sc(N(C)C)nc2s1. The summed E-state index contributed by atoms with van der Waals surface area (Å²) in [5.41, 5.74) is 0. The summed E-state index contributed by atoms with van der Waals surface area (Å²) in [6.07, 6.45) is 5.34. The van der Waals surface area contributed by atoms with Gasteiger partial charge in [-0.3, -0.25) is 4.79 Å². The summed E-state index contributed by atoms with van der Waals surface area (Å²) >= 11 is 3.06. The Morgan fingerprint density at radius 2 is 2.17 bits per heavy atom. The number of carbonyl (C=O) groups excluding carboxylic acids is 1. The molecule has 1 amide bonds. The minimum absolute atomic E-state index is 0.0307. The topological polar surface area (TPSA) is 54.5 Å². The van der Waals surface area contributed by atoms with Gasteiger partial charge in [0.1, 0.15) is 4.83 Å². The maximum atomic E-state index is 12.3. The molecule has 3 rings (SSSR count). The number of nitrogens with zero attached hydrogens (tertiary/aromatic N) is 2. The molecule has 0 radical (unpaired) electrons. The average molecular weight is 368 g/mol. The number of fused-ring (bicyclic) bond motifs is 1. The Morgan fingerprint density at radius 1 is 1.38 bits per heavy atom. The number of aromatic nitrogens is 1. The maximum Gasteiger partial charge on any atom is 0.261 e. The van der Waals surface area contributed by atoms with Crippen LogP contribution in [-0.2, 0) is 4.74 Å². The summed E-state index contributed by atoms with van der Waals surface area (Å²) in [6, 6.07) is 1.93. The fourth-order valence-electron chi connectivity index (χ4n) is 3.02. The van der Waals surface area contributed by atoms with Crippen LogP contribution in [0, 0.1) is 5.92 Å². The highest BCUT2D eigenvalue weighted by Crippen LogP contribution is 2.33. The van der Waals surface area contributed by atoms with Crippen molar-refractivity contribution in [2.75, 3.05) is 32.1 Å². The Bertz CT molecular complexity index is 664. The summed E-state index contributed by atoms with van der Waals surface area (Å²) in [7, 11) is 3.95. The number of hydrogen-bond donors (Lipinski definition) is 1. The highest BCUT2D eigenvalue weighted by molar-refractivity contribution is 7.29. The third-order valence-electron chi connectivity index (χ3n) is 4.44. The number of amides is 1. The van der Waals surface area contributed by atoms with E-state index in [0.717, 1.165) is 26.0 Å². The minimum Gasteiger partial charge on any atom is -0.376 e. The summed E-state index contributed by atoms with van der Waals surface area (Å²) in [6.45, 7) is 3.41. The normalized spacial score (nSPS) is 21.1. The molecule has 132 valence electrons. The molecule has 2 heterocycles. The van der Waals surface area contributed by atoms with Gasteiger partial charge in [0.05, 0.1) is 22.3 Å². The number of nitrogens with one attached hydrogen (secondary N) is 1. The first-order valence-electron chi connectivity index (χ1n) is 8.52. The zero-order valence-corrected chi connectivity index (χ0v) is 16.1. The standard InChI is InChI=1S/C17H25N3O2S2/c1-11-6-4-5-7-12(11)22-9-8-18-15(21)13-10-14-16(23-13)19-17(24-14)20(2)3/h10-12H,4-9H2,1-3H3,(H,18,21)/t11-,12+/m1/s1. The van der Waals surface area contributed by atoms with Gasteiger partial charge < -0.3 is 15.0 Å². The van der Waals surface area contributed by atoms with E-state index in [1.54, 1.807) is 11.3 Å². The van der Waals surface area contributed by atoms with E-state index in [9.17, 15) is 4.79 Å². The van der Waals surface area contributed by atoms with E-state index < -0.39 is 0 Å². The second-order valence-corrected chi connectivity index (χ2v) is 8.64. The lowest BCUT2D eigenvalue weighted by molar-refractivity contribution is -0.00292. The predicted molar refractivity (Wildman–Crippen MR) is 102 cm³/mol. The number of ether oxygens (including phenoxy) is 1. The quantitative estimate of drug-likeness (QED) is 0.790. The van der Waals surface area contributed by atoms with Crippen LogP contribution in [-0.4, -0.2) is 44.2 Å². The smallest absolute Gasteiger partial charge is 0.261 e. The van der Waals surface area contributed by atoms with Crippen molar-refractivity contribution in [3.8, 4) is 0 Å². The van der Waals surface area contributed by atoms with Gasteiger partial charge in [0.25, 0.3) is 5.91 Å². The van der Waals surface area contributed by atoms with Crippen LogP contribution in [0.3, 0.4) is 0 Å². The van der Waals surface area contributed by atoms with Crippen LogP contribution in [0.2, 0.25) is 0 Å². The summed E-state index contributed by atoms with van der Waals surface area (Å²) in [5.74, 6) is 0.604. The molecule has 1 aliphatic carbocycles. The maximum absolute atomic E-state index is 12.3. The molecule has 1 N–H and O–H groups in total. The molecule has 2 aromatic rings. The molecule has 0 saturated heterocycles. The summed E-state index contributed by atoms with van der Waals surface area (Å²) in [5, 5.41) is 3.92. The van der Waals surface area contributed by atoms with Gasteiger partial charge in [-0.05, 0) is 24.8 Å². The van der Waals surface area contributed by atoms with Crippen molar-refractivity contribution >= 4 is 43.2 Å². The van der Waals surface area contributed by atoms with Crippen molar-refractivity contribution < 1.29 is 9.53 Å². The lowest BCUT2D eigenvalue weighted by Crippen LogP contribution is -2.31. The van der Waals surface area contributed by atoms with Gasteiger partial charge in [0.15, 0.2) is 5.13 Å². The monoisotopic (exact) mass is 367 g/mol. The fraction of sp³-hybridized carbons (Fsp3) is 0.647. The van der Waals surface area contributed by atoms with Crippen LogP contribution in [0.25, 0.3) is 9.53 Å². The van der Waals surface area contributed by atoms with Crippen LogP contribution < -0.4 is 10.2 Å².